The molecule has 1 aromatic carbocycles. The van der Waals surface area contributed by atoms with Crippen LogP contribution in [0.1, 0.15) is 40.5 Å². The number of anilines is 1. The Balaban J connectivity index is 1.62. The summed E-state index contributed by atoms with van der Waals surface area (Å²) < 4.78 is 5.46. The number of nitrogens with zero attached hydrogens (tertiary/aromatic N) is 2. The second-order valence-electron chi connectivity index (χ2n) is 8.99. The summed E-state index contributed by atoms with van der Waals surface area (Å²) in [6, 6.07) is 8.30. The maximum atomic E-state index is 5.46. The number of piperidine rings is 1. The first-order valence-corrected chi connectivity index (χ1v) is 9.80. The van der Waals surface area contributed by atoms with Crippen LogP contribution in [0.15, 0.2) is 36.7 Å². The molecule has 1 saturated heterocycles. The molecule has 6 heteroatoms. The second kappa shape index (κ2) is 6.78. The molecule has 0 bridgehead atoms. The van der Waals surface area contributed by atoms with Crippen molar-refractivity contribution in [3.63, 3.8) is 0 Å². The number of hydrogen-bond acceptors (Lipinski definition) is 5. The topological polar surface area (TPSA) is 74.9 Å². The number of hydrogen-bond donors (Lipinski definition) is 3. The van der Waals surface area contributed by atoms with Gasteiger partial charge in [0.05, 0.1) is 18.3 Å². The second-order valence-corrected chi connectivity index (χ2v) is 8.99. The van der Waals surface area contributed by atoms with E-state index in [1.807, 2.05) is 30.6 Å². The Morgan fingerprint density at radius 2 is 1.86 bits per heavy atom. The fraction of sp³-hybridized carbons (Fsp3) is 0.455. The number of aromatic amines is 1. The Kier molecular flexibility index (Phi) is 4.54. The lowest BCUT2D eigenvalue weighted by Crippen LogP contribution is -2.60. The van der Waals surface area contributed by atoms with E-state index < -0.39 is 0 Å². The zero-order valence-corrected chi connectivity index (χ0v) is 17.3. The largest absolute Gasteiger partial charge is 0.495 e. The van der Waals surface area contributed by atoms with Crippen molar-refractivity contribution in [3.05, 3.63) is 36.7 Å². The molecule has 3 heterocycles. The monoisotopic (exact) mass is 379 g/mol. The molecule has 4 rings (SSSR count). The molecular weight excluding hydrogens is 350 g/mol. The van der Waals surface area contributed by atoms with E-state index >= 15 is 0 Å². The lowest BCUT2D eigenvalue weighted by Gasteiger charge is -2.46. The molecule has 0 unspecified atom stereocenters. The first kappa shape index (κ1) is 18.7. The van der Waals surface area contributed by atoms with Gasteiger partial charge in [-0.05, 0) is 52.7 Å². The number of fused-ring (bicyclic) bond motifs is 1. The number of benzene rings is 1. The maximum Gasteiger partial charge on any atom is 0.223 e. The molecule has 6 nitrogen and oxygen atoms in total. The third kappa shape index (κ3) is 3.69. The van der Waals surface area contributed by atoms with Crippen molar-refractivity contribution in [2.75, 3.05) is 12.4 Å². The number of ether oxygens (including phenoxy) is 1. The number of aromatic nitrogens is 3. The number of rotatable bonds is 4. The summed E-state index contributed by atoms with van der Waals surface area (Å²) in [5.41, 5.74) is 3.07. The Bertz CT molecular complexity index is 976. The van der Waals surface area contributed by atoms with Gasteiger partial charge in [-0.3, -0.25) is 0 Å². The number of para-hydroxylation sites is 1. The predicted octanol–water partition coefficient (Wildman–Crippen LogP) is 4.35. The van der Waals surface area contributed by atoms with Crippen LogP contribution < -0.4 is 15.4 Å². The molecular formula is C22H29N5O. The van der Waals surface area contributed by atoms with Crippen LogP contribution in [-0.4, -0.2) is 39.2 Å². The fourth-order valence-electron chi connectivity index (χ4n) is 4.69. The minimum atomic E-state index is 0.0738. The third-order valence-corrected chi connectivity index (χ3v) is 5.35. The van der Waals surface area contributed by atoms with E-state index in [-0.39, 0.29) is 11.1 Å². The molecule has 3 aromatic rings. The molecule has 1 aliphatic heterocycles. The standard InChI is InChI=1S/C22H29N5O/c1-21(2)11-14(12-22(3,4)27-21)25-20-23-10-9-17(26-20)16-13-24-19-15(16)7-6-8-18(19)28-5/h6-10,13-14,24,27H,11-12H2,1-5H3,(H,23,25,26). The van der Waals surface area contributed by atoms with E-state index in [0.717, 1.165) is 40.8 Å². The Morgan fingerprint density at radius 1 is 1.11 bits per heavy atom. The Morgan fingerprint density at radius 3 is 2.57 bits per heavy atom. The van der Waals surface area contributed by atoms with Gasteiger partial charge in [0.15, 0.2) is 0 Å². The molecule has 0 radical (unpaired) electrons. The van der Waals surface area contributed by atoms with Gasteiger partial charge < -0.3 is 20.4 Å². The van der Waals surface area contributed by atoms with Gasteiger partial charge in [-0.1, -0.05) is 12.1 Å². The van der Waals surface area contributed by atoms with E-state index in [1.54, 1.807) is 7.11 Å². The van der Waals surface area contributed by atoms with Crippen LogP contribution in [0.25, 0.3) is 22.2 Å². The van der Waals surface area contributed by atoms with Crippen LogP contribution >= 0.6 is 0 Å². The number of H-pyrrole nitrogens is 1. The van der Waals surface area contributed by atoms with Crippen molar-refractivity contribution < 1.29 is 4.74 Å². The molecule has 1 fully saturated rings. The van der Waals surface area contributed by atoms with Crippen LogP contribution in [-0.2, 0) is 0 Å². The van der Waals surface area contributed by atoms with Gasteiger partial charge in [0.2, 0.25) is 5.95 Å². The molecule has 0 atom stereocenters. The van der Waals surface area contributed by atoms with Crippen molar-refractivity contribution in [2.24, 2.45) is 0 Å². The average molecular weight is 380 g/mol. The lowest BCUT2D eigenvalue weighted by molar-refractivity contribution is 0.170. The van der Waals surface area contributed by atoms with Crippen molar-refractivity contribution in [1.29, 1.82) is 0 Å². The van der Waals surface area contributed by atoms with Gasteiger partial charge in [0.1, 0.15) is 5.75 Å². The van der Waals surface area contributed by atoms with Crippen molar-refractivity contribution in [3.8, 4) is 17.0 Å². The van der Waals surface area contributed by atoms with Gasteiger partial charge in [0, 0.05) is 40.5 Å². The van der Waals surface area contributed by atoms with Gasteiger partial charge in [-0.15, -0.1) is 0 Å². The van der Waals surface area contributed by atoms with Gasteiger partial charge in [0.25, 0.3) is 0 Å². The average Bonchev–Trinajstić information content (AvgIpc) is 3.03. The van der Waals surface area contributed by atoms with Crippen LogP contribution in [0.3, 0.4) is 0 Å². The first-order chi connectivity index (χ1) is 13.3. The minimum Gasteiger partial charge on any atom is -0.495 e. The Labute approximate surface area is 166 Å². The van der Waals surface area contributed by atoms with Crippen molar-refractivity contribution in [2.45, 2.75) is 57.7 Å². The maximum absolute atomic E-state index is 5.46. The summed E-state index contributed by atoms with van der Waals surface area (Å²) in [4.78, 5) is 12.6. The summed E-state index contributed by atoms with van der Waals surface area (Å²) in [7, 11) is 1.68. The molecule has 1 aliphatic rings. The summed E-state index contributed by atoms with van der Waals surface area (Å²) in [5.74, 6) is 1.50. The third-order valence-electron chi connectivity index (χ3n) is 5.35. The Hall–Kier alpha value is -2.60. The predicted molar refractivity (Wildman–Crippen MR) is 114 cm³/mol. The molecule has 28 heavy (non-hydrogen) atoms. The van der Waals surface area contributed by atoms with Gasteiger partial charge in [-0.25, -0.2) is 9.97 Å². The van der Waals surface area contributed by atoms with E-state index in [0.29, 0.717) is 12.0 Å². The van der Waals surface area contributed by atoms with E-state index in [4.69, 9.17) is 9.72 Å². The van der Waals surface area contributed by atoms with Crippen LogP contribution in [0, 0.1) is 0 Å². The van der Waals surface area contributed by atoms with Gasteiger partial charge >= 0.3 is 0 Å². The van der Waals surface area contributed by atoms with Crippen molar-refractivity contribution in [1.82, 2.24) is 20.3 Å². The highest BCUT2D eigenvalue weighted by Gasteiger charge is 2.37. The zero-order chi connectivity index (χ0) is 19.9. The minimum absolute atomic E-state index is 0.0738. The smallest absolute Gasteiger partial charge is 0.223 e. The summed E-state index contributed by atoms with van der Waals surface area (Å²) in [5, 5.41) is 8.37. The molecule has 0 amide bonds. The number of nitrogens with one attached hydrogen (secondary N) is 3. The number of methoxy groups -OCH3 is 1. The highest BCUT2D eigenvalue weighted by Crippen LogP contribution is 2.33. The summed E-state index contributed by atoms with van der Waals surface area (Å²) in [6.45, 7) is 9.00. The summed E-state index contributed by atoms with van der Waals surface area (Å²) in [6.07, 6.45) is 5.85. The quantitative estimate of drug-likeness (QED) is 0.628. The van der Waals surface area contributed by atoms with Crippen LogP contribution in [0.5, 0.6) is 5.75 Å². The molecule has 0 aliphatic carbocycles. The molecule has 3 N–H and O–H groups in total. The van der Waals surface area contributed by atoms with E-state index in [1.165, 1.54) is 0 Å². The van der Waals surface area contributed by atoms with Crippen LogP contribution in [0.4, 0.5) is 5.95 Å². The summed E-state index contributed by atoms with van der Waals surface area (Å²) >= 11 is 0. The van der Waals surface area contributed by atoms with E-state index in [2.05, 4.69) is 54.4 Å². The highest BCUT2D eigenvalue weighted by atomic mass is 16.5. The molecule has 148 valence electrons. The molecule has 0 saturated carbocycles. The fourth-order valence-corrected chi connectivity index (χ4v) is 4.69. The SMILES string of the molecule is COc1cccc2c(-c3ccnc(NC4CC(C)(C)NC(C)(C)C4)n3)c[nH]c12. The molecule has 2 aromatic heterocycles. The lowest BCUT2D eigenvalue weighted by atomic mass is 9.80. The van der Waals surface area contributed by atoms with Crippen LogP contribution in [0.2, 0.25) is 0 Å². The van der Waals surface area contributed by atoms with Crippen molar-refractivity contribution >= 4 is 16.9 Å². The normalized spacial score (nSPS) is 18.9. The zero-order valence-electron chi connectivity index (χ0n) is 17.3. The van der Waals surface area contributed by atoms with Gasteiger partial charge in [-0.2, -0.15) is 0 Å². The van der Waals surface area contributed by atoms with E-state index in [9.17, 15) is 0 Å². The molecule has 0 spiro atoms. The highest BCUT2D eigenvalue weighted by molar-refractivity contribution is 5.97. The first-order valence-electron chi connectivity index (χ1n) is 9.80.